The molecule has 0 aliphatic carbocycles. The molecule has 0 bridgehead atoms. The zero-order valence-corrected chi connectivity index (χ0v) is 7.45. The van der Waals surface area contributed by atoms with Crippen LogP contribution in [-0.4, -0.2) is 41.3 Å². The van der Waals surface area contributed by atoms with Crippen molar-refractivity contribution in [1.82, 2.24) is 5.32 Å². The van der Waals surface area contributed by atoms with E-state index in [9.17, 15) is 0 Å². The van der Waals surface area contributed by atoms with Crippen molar-refractivity contribution in [3.63, 3.8) is 0 Å². The molecule has 0 fully saturated rings. The lowest BCUT2D eigenvalue weighted by Gasteiger charge is -2.09. The Morgan fingerprint density at radius 3 is 2.69 bits per heavy atom. The second kappa shape index (κ2) is 4.69. The number of nitrogens with zero attached hydrogens (tertiary/aromatic N) is 1. The average Bonchev–Trinajstić information content (AvgIpc) is 2.49. The van der Waals surface area contributed by atoms with Gasteiger partial charge in [0, 0.05) is 6.42 Å². The third kappa shape index (κ3) is 3.31. The minimum Gasteiger partial charge on any atom is -0.565 e. The molecule has 5 heteroatoms. The molecule has 0 amide bonds. The number of hydrogen-bond acceptors (Lipinski definition) is 3. The summed E-state index contributed by atoms with van der Waals surface area (Å²) in [5.74, 6) is 1.50. The van der Waals surface area contributed by atoms with Crippen LogP contribution in [0.3, 0.4) is 0 Å². The largest absolute Gasteiger partial charge is 0.565 e. The van der Waals surface area contributed by atoms with E-state index in [2.05, 4.69) is 9.89 Å². The van der Waals surface area contributed by atoms with E-state index in [1.165, 1.54) is 44.7 Å². The summed E-state index contributed by atoms with van der Waals surface area (Å²) in [6.07, 6.45) is 1.89. The van der Waals surface area contributed by atoms with Crippen LogP contribution in [0.5, 0.6) is 0 Å². The molecule has 0 saturated carbocycles. The Morgan fingerprint density at radius 2 is 2.08 bits per heavy atom. The van der Waals surface area contributed by atoms with Gasteiger partial charge in [-0.1, -0.05) is 0 Å². The van der Waals surface area contributed by atoms with Crippen LogP contribution < -0.4 is 10.4 Å². The molecule has 2 heterocycles. The number of carbonyl (C=O) groups is 1. The topological polar surface area (TPSA) is 75.4 Å². The Morgan fingerprint density at radius 1 is 1.46 bits per heavy atom. The van der Waals surface area contributed by atoms with Crippen molar-refractivity contribution in [3.8, 4) is 0 Å². The predicted octanol–water partition coefficient (Wildman–Crippen LogP) is -0.928. The van der Waals surface area contributed by atoms with Gasteiger partial charge in [0.25, 0.3) is 0 Å². The Labute approximate surface area is 76.7 Å². The molecule has 13 heavy (non-hydrogen) atoms. The van der Waals surface area contributed by atoms with Crippen molar-refractivity contribution in [2.24, 2.45) is 0 Å². The van der Waals surface area contributed by atoms with Crippen molar-refractivity contribution in [1.29, 1.82) is 0 Å². The minimum atomic E-state index is -2.08. The smallest absolute Gasteiger partial charge is 0.249 e. The van der Waals surface area contributed by atoms with E-state index < -0.39 is 6.16 Å². The van der Waals surface area contributed by atoms with Crippen molar-refractivity contribution < 1.29 is 19.6 Å². The van der Waals surface area contributed by atoms with Gasteiger partial charge in [-0.3, -0.25) is 9.89 Å². The summed E-state index contributed by atoms with van der Waals surface area (Å²) in [5, 5.41) is 18.7. The Hall–Kier alpha value is -1.26. The number of hydrogen-bond donors (Lipinski definition) is 2. The van der Waals surface area contributed by atoms with E-state index in [1.54, 1.807) is 0 Å². The van der Waals surface area contributed by atoms with E-state index >= 15 is 0 Å². The van der Waals surface area contributed by atoms with E-state index in [0.29, 0.717) is 0 Å². The van der Waals surface area contributed by atoms with Crippen molar-refractivity contribution >= 4 is 12.0 Å². The summed E-state index contributed by atoms with van der Waals surface area (Å²) < 4.78 is 2.48. The minimum absolute atomic E-state index is 1.20. The molecule has 2 aliphatic heterocycles. The first kappa shape index (κ1) is 9.83. The normalized spacial score (nSPS) is 19.7. The van der Waals surface area contributed by atoms with Gasteiger partial charge in [-0.2, -0.15) is 0 Å². The van der Waals surface area contributed by atoms with Gasteiger partial charge < -0.3 is 15.0 Å². The van der Waals surface area contributed by atoms with Gasteiger partial charge in [-0.25, -0.2) is 0 Å². The fourth-order valence-electron chi connectivity index (χ4n) is 1.68. The first-order valence-corrected chi connectivity index (χ1v) is 4.45. The van der Waals surface area contributed by atoms with Crippen LogP contribution in [0.25, 0.3) is 0 Å². The van der Waals surface area contributed by atoms with E-state index in [4.69, 9.17) is 15.0 Å². The van der Waals surface area contributed by atoms with Crippen LogP contribution in [0.15, 0.2) is 0 Å². The molecule has 2 N–H and O–H groups in total. The van der Waals surface area contributed by atoms with Gasteiger partial charge >= 0.3 is 0 Å². The summed E-state index contributed by atoms with van der Waals surface area (Å²) in [5.41, 5.74) is 0. The highest BCUT2D eigenvalue weighted by atomic mass is 16.6. The molecule has 0 saturated heterocycles. The van der Waals surface area contributed by atoms with Gasteiger partial charge in [0.1, 0.15) is 0 Å². The lowest BCUT2D eigenvalue weighted by molar-refractivity contribution is -0.525. The molecular weight excluding hydrogens is 172 g/mol. The van der Waals surface area contributed by atoms with Gasteiger partial charge in [-0.15, -0.1) is 0 Å². The van der Waals surface area contributed by atoms with E-state index in [1.807, 2.05) is 0 Å². The summed E-state index contributed by atoms with van der Waals surface area (Å²) in [6, 6.07) is 0. The average molecular weight is 186 g/mol. The molecule has 0 aromatic heterocycles. The maximum atomic E-state index is 8.44. The summed E-state index contributed by atoms with van der Waals surface area (Å²) in [6.45, 7) is 3.79. The highest BCUT2D eigenvalue weighted by Crippen LogP contribution is 2.05. The summed E-state index contributed by atoms with van der Waals surface area (Å²) in [7, 11) is 0. The molecule has 5 nitrogen and oxygen atoms in total. The highest BCUT2D eigenvalue weighted by Gasteiger charge is 2.22. The molecule has 0 unspecified atom stereocenters. The Kier molecular flexibility index (Phi) is 3.54. The number of nitrogens with one attached hydrogen (secondary N) is 1. The van der Waals surface area contributed by atoms with Crippen molar-refractivity contribution in [3.05, 3.63) is 0 Å². The van der Waals surface area contributed by atoms with Crippen molar-refractivity contribution in [2.75, 3.05) is 19.6 Å². The maximum Gasteiger partial charge on any atom is 0.249 e. The van der Waals surface area contributed by atoms with Crippen LogP contribution in [-0.2, 0) is 0 Å². The summed E-state index contributed by atoms with van der Waals surface area (Å²) in [4.78, 5) is 8.44. The predicted molar refractivity (Wildman–Crippen MR) is 44.9 cm³/mol. The van der Waals surface area contributed by atoms with Crippen LogP contribution in [0.2, 0.25) is 0 Å². The molecule has 0 aromatic carbocycles. The number of amidine groups is 1. The molecule has 2 rings (SSSR count). The lowest BCUT2D eigenvalue weighted by atomic mass is 10.3. The SMILES string of the molecule is C1CNC2=[N+](C1)CCC2.O=C([O-])O. The highest BCUT2D eigenvalue weighted by molar-refractivity contribution is 5.78. The first-order valence-electron chi connectivity index (χ1n) is 4.45. The molecular formula is C8H14N2O3. The van der Waals surface area contributed by atoms with Crippen molar-refractivity contribution in [2.45, 2.75) is 19.3 Å². The lowest BCUT2D eigenvalue weighted by Crippen LogP contribution is -2.36. The molecule has 74 valence electrons. The van der Waals surface area contributed by atoms with Crippen LogP contribution in [0, 0.1) is 0 Å². The molecule has 0 radical (unpaired) electrons. The van der Waals surface area contributed by atoms with Gasteiger partial charge in [-0.05, 0) is 6.42 Å². The molecule has 2 aliphatic rings. The van der Waals surface area contributed by atoms with Gasteiger partial charge in [0.2, 0.25) is 12.0 Å². The zero-order valence-electron chi connectivity index (χ0n) is 7.45. The van der Waals surface area contributed by atoms with E-state index in [0.717, 1.165) is 0 Å². The van der Waals surface area contributed by atoms with Crippen LogP contribution in [0.4, 0.5) is 4.79 Å². The monoisotopic (exact) mass is 186 g/mol. The third-order valence-corrected chi connectivity index (χ3v) is 2.16. The fourth-order valence-corrected chi connectivity index (χ4v) is 1.68. The molecule has 0 spiro atoms. The first-order chi connectivity index (χ1) is 6.20. The maximum absolute atomic E-state index is 8.44. The quantitative estimate of drug-likeness (QED) is 0.479. The van der Waals surface area contributed by atoms with Crippen LogP contribution >= 0.6 is 0 Å². The second-order valence-electron chi connectivity index (χ2n) is 3.08. The standard InChI is InChI=1S/C7H12N2.CH2O3/c1-3-7-8-4-2-6-9(7)5-1;2-1(3)4/h1-6H2;(H2,2,3,4). The second-order valence-corrected chi connectivity index (χ2v) is 3.08. The summed E-state index contributed by atoms with van der Waals surface area (Å²) >= 11 is 0. The third-order valence-electron chi connectivity index (χ3n) is 2.16. The van der Waals surface area contributed by atoms with Crippen LogP contribution in [0.1, 0.15) is 19.3 Å². The molecule has 0 aromatic rings. The number of rotatable bonds is 0. The Balaban J connectivity index is 0.000000184. The van der Waals surface area contributed by atoms with E-state index in [-0.39, 0.29) is 0 Å². The number of carboxylic acid groups (broad SMARTS) is 2. The Bertz CT molecular complexity index is 205. The fraction of sp³-hybridized carbons (Fsp3) is 0.750. The zero-order chi connectivity index (χ0) is 9.68. The molecule has 0 atom stereocenters. The van der Waals surface area contributed by atoms with Gasteiger partial charge in [0.05, 0.1) is 26.1 Å². The van der Waals surface area contributed by atoms with Gasteiger partial charge in [0.15, 0.2) is 0 Å².